The summed E-state index contributed by atoms with van der Waals surface area (Å²) in [6.07, 6.45) is 1.80. The third-order valence-corrected chi connectivity index (χ3v) is 4.32. The van der Waals surface area contributed by atoms with Crippen molar-refractivity contribution in [2.24, 2.45) is 5.92 Å². The zero-order chi connectivity index (χ0) is 15.5. The molecule has 1 fully saturated rings. The van der Waals surface area contributed by atoms with Gasteiger partial charge in [0.25, 0.3) is 0 Å². The van der Waals surface area contributed by atoms with Gasteiger partial charge < -0.3 is 5.11 Å². The summed E-state index contributed by atoms with van der Waals surface area (Å²) in [6, 6.07) is 9.50. The maximum absolute atomic E-state index is 12.6. The quantitative estimate of drug-likeness (QED) is 0.816. The number of likely N-dealkylation sites (tertiary alicyclic amines) is 1. The van der Waals surface area contributed by atoms with Gasteiger partial charge in [-0.1, -0.05) is 37.3 Å². The molecule has 1 aliphatic rings. The minimum absolute atomic E-state index is 0.0944. The minimum Gasteiger partial charge on any atom is -0.396 e. The molecule has 0 spiro atoms. The number of hydrogen-bond acceptors (Lipinski definition) is 3. The summed E-state index contributed by atoms with van der Waals surface area (Å²) in [5.41, 5.74) is 0.163. The Morgan fingerprint density at radius 2 is 1.95 bits per heavy atom. The first-order valence-electron chi connectivity index (χ1n) is 7.50. The van der Waals surface area contributed by atoms with E-state index in [1.54, 1.807) is 0 Å². The number of imide groups is 1. The fourth-order valence-electron chi connectivity index (χ4n) is 2.83. The van der Waals surface area contributed by atoms with E-state index in [1.807, 2.05) is 44.2 Å². The summed E-state index contributed by atoms with van der Waals surface area (Å²) in [7, 11) is 0. The van der Waals surface area contributed by atoms with Crippen LogP contribution in [0.4, 0.5) is 0 Å². The van der Waals surface area contributed by atoms with Crippen LogP contribution in [0.15, 0.2) is 30.3 Å². The van der Waals surface area contributed by atoms with Crippen LogP contribution in [0.2, 0.25) is 0 Å². The van der Waals surface area contributed by atoms with Crippen LogP contribution in [0, 0.1) is 5.92 Å². The van der Waals surface area contributed by atoms with Gasteiger partial charge in [0, 0.05) is 19.6 Å². The van der Waals surface area contributed by atoms with Gasteiger partial charge in [0.15, 0.2) is 0 Å². The summed E-state index contributed by atoms with van der Waals surface area (Å²) in [6.45, 7) is 4.40. The fourth-order valence-corrected chi connectivity index (χ4v) is 2.83. The van der Waals surface area contributed by atoms with Gasteiger partial charge in [-0.25, -0.2) is 0 Å². The average molecular weight is 289 g/mol. The third kappa shape index (κ3) is 3.16. The van der Waals surface area contributed by atoms with E-state index in [0.717, 1.165) is 18.4 Å². The Hall–Kier alpha value is -1.68. The van der Waals surface area contributed by atoms with E-state index in [9.17, 15) is 9.59 Å². The zero-order valence-corrected chi connectivity index (χ0v) is 12.7. The molecule has 1 N–H and O–H groups in total. The average Bonchev–Trinajstić information content (AvgIpc) is 2.72. The highest BCUT2D eigenvalue weighted by molar-refractivity contribution is 6.08. The van der Waals surface area contributed by atoms with Crippen molar-refractivity contribution in [3.63, 3.8) is 0 Å². The maximum atomic E-state index is 12.6. The summed E-state index contributed by atoms with van der Waals surface area (Å²) >= 11 is 0. The van der Waals surface area contributed by atoms with Crippen molar-refractivity contribution in [2.45, 2.75) is 38.5 Å². The largest absolute Gasteiger partial charge is 0.396 e. The predicted octanol–water partition coefficient (Wildman–Crippen LogP) is 2.11. The van der Waals surface area contributed by atoms with Crippen LogP contribution >= 0.6 is 0 Å². The highest BCUT2D eigenvalue weighted by Crippen LogP contribution is 2.36. The molecule has 0 radical (unpaired) electrons. The summed E-state index contributed by atoms with van der Waals surface area (Å²) in [4.78, 5) is 26.2. The first-order valence-corrected chi connectivity index (χ1v) is 7.50. The van der Waals surface area contributed by atoms with Gasteiger partial charge in [0.05, 0.1) is 5.41 Å². The van der Waals surface area contributed by atoms with Gasteiger partial charge in [-0.05, 0) is 31.2 Å². The zero-order valence-electron chi connectivity index (χ0n) is 12.7. The lowest BCUT2D eigenvalue weighted by molar-refractivity contribution is -0.139. The minimum atomic E-state index is -0.735. The number of benzene rings is 1. The van der Waals surface area contributed by atoms with E-state index >= 15 is 0 Å². The molecule has 0 aliphatic carbocycles. The molecule has 1 saturated heterocycles. The molecule has 0 bridgehead atoms. The Bertz CT molecular complexity index is 514. The monoisotopic (exact) mass is 289 g/mol. The van der Waals surface area contributed by atoms with Crippen LogP contribution < -0.4 is 0 Å². The molecule has 1 aromatic rings. The highest BCUT2D eigenvalue weighted by atomic mass is 16.3. The first-order chi connectivity index (χ1) is 9.99. The molecule has 1 aromatic carbocycles. The Morgan fingerprint density at radius 3 is 2.57 bits per heavy atom. The fraction of sp³-hybridized carbons (Fsp3) is 0.529. The first kappa shape index (κ1) is 15.7. The van der Waals surface area contributed by atoms with Crippen LogP contribution in [0.5, 0.6) is 0 Å². The molecular formula is C17H23NO3. The molecule has 0 saturated carbocycles. The maximum Gasteiger partial charge on any atom is 0.240 e. The van der Waals surface area contributed by atoms with E-state index in [-0.39, 0.29) is 30.8 Å². The Labute approximate surface area is 125 Å². The molecular weight excluding hydrogens is 266 g/mol. The van der Waals surface area contributed by atoms with Crippen molar-refractivity contribution in [3.8, 4) is 0 Å². The normalized spacial score (nSPS) is 23.7. The topological polar surface area (TPSA) is 57.6 Å². The summed E-state index contributed by atoms with van der Waals surface area (Å²) in [5.74, 6) is 0.0108. The number of carbonyl (C=O) groups excluding carboxylic acids is 2. The van der Waals surface area contributed by atoms with E-state index in [1.165, 1.54) is 4.90 Å². The highest BCUT2D eigenvalue weighted by Gasteiger charge is 2.48. The molecule has 2 rings (SSSR count). The number of hydrogen-bond donors (Lipinski definition) is 1. The molecule has 2 unspecified atom stereocenters. The molecule has 114 valence electrons. The van der Waals surface area contributed by atoms with Gasteiger partial charge >= 0.3 is 0 Å². The predicted molar refractivity (Wildman–Crippen MR) is 80.6 cm³/mol. The van der Waals surface area contributed by atoms with Crippen molar-refractivity contribution in [2.75, 3.05) is 13.2 Å². The van der Waals surface area contributed by atoms with Crippen LogP contribution in [-0.2, 0) is 15.0 Å². The van der Waals surface area contributed by atoms with Crippen molar-refractivity contribution >= 4 is 11.8 Å². The van der Waals surface area contributed by atoms with E-state index < -0.39 is 5.41 Å². The van der Waals surface area contributed by atoms with E-state index in [0.29, 0.717) is 6.54 Å². The Balaban J connectivity index is 2.06. The lowest BCUT2D eigenvalue weighted by Crippen LogP contribution is -2.37. The van der Waals surface area contributed by atoms with Crippen molar-refractivity contribution in [1.82, 2.24) is 4.90 Å². The second-order valence-electron chi connectivity index (χ2n) is 6.16. The molecule has 1 heterocycles. The van der Waals surface area contributed by atoms with Crippen LogP contribution in [0.3, 0.4) is 0 Å². The third-order valence-electron chi connectivity index (χ3n) is 4.32. The van der Waals surface area contributed by atoms with Gasteiger partial charge in [-0.3, -0.25) is 14.5 Å². The van der Waals surface area contributed by atoms with Gasteiger partial charge in [0.2, 0.25) is 11.8 Å². The molecule has 21 heavy (non-hydrogen) atoms. The number of aliphatic hydroxyl groups is 1. The van der Waals surface area contributed by atoms with Crippen LogP contribution in [-0.4, -0.2) is 35.0 Å². The lowest BCUT2D eigenvalue weighted by atomic mass is 9.81. The summed E-state index contributed by atoms with van der Waals surface area (Å²) < 4.78 is 0. The van der Waals surface area contributed by atoms with E-state index in [2.05, 4.69) is 0 Å². The number of rotatable bonds is 6. The van der Waals surface area contributed by atoms with Crippen molar-refractivity contribution in [3.05, 3.63) is 35.9 Å². The van der Waals surface area contributed by atoms with Gasteiger partial charge in [0.1, 0.15) is 0 Å². The lowest BCUT2D eigenvalue weighted by Gasteiger charge is -2.23. The molecule has 4 nitrogen and oxygen atoms in total. The van der Waals surface area contributed by atoms with Crippen molar-refractivity contribution < 1.29 is 14.7 Å². The molecule has 0 aromatic heterocycles. The standard InChI is InChI=1S/C17H23NO3/c1-13(12-19)7-6-10-18-15(20)11-17(2,16(18)21)14-8-4-3-5-9-14/h3-5,8-9,13,19H,6-7,10-12H2,1-2H3. The SMILES string of the molecule is CC(CO)CCCN1C(=O)CC(C)(c2ccccc2)C1=O. The van der Waals surface area contributed by atoms with Crippen molar-refractivity contribution in [1.29, 1.82) is 0 Å². The molecule has 4 heteroatoms. The Morgan fingerprint density at radius 1 is 1.29 bits per heavy atom. The Kier molecular flexibility index (Phi) is 4.78. The summed E-state index contributed by atoms with van der Waals surface area (Å²) in [5, 5.41) is 9.01. The number of nitrogens with zero attached hydrogens (tertiary/aromatic N) is 1. The second-order valence-corrected chi connectivity index (χ2v) is 6.16. The smallest absolute Gasteiger partial charge is 0.240 e. The molecule has 2 atom stereocenters. The molecule has 1 aliphatic heterocycles. The van der Waals surface area contributed by atoms with Crippen LogP contribution in [0.25, 0.3) is 0 Å². The number of aliphatic hydroxyl groups excluding tert-OH is 1. The number of carbonyl (C=O) groups is 2. The van der Waals surface area contributed by atoms with Gasteiger partial charge in [-0.2, -0.15) is 0 Å². The number of amides is 2. The molecule has 2 amide bonds. The second kappa shape index (κ2) is 6.39. The van der Waals surface area contributed by atoms with Crippen LogP contribution in [0.1, 0.15) is 38.7 Å². The van der Waals surface area contributed by atoms with Gasteiger partial charge in [-0.15, -0.1) is 0 Å². The van der Waals surface area contributed by atoms with E-state index in [4.69, 9.17) is 5.11 Å².